The highest BCUT2D eigenvalue weighted by molar-refractivity contribution is 5.74. The van der Waals surface area contributed by atoms with Gasteiger partial charge in [-0.05, 0) is 50.0 Å². The molecule has 4 aliphatic carbocycles. The molecule has 0 saturated heterocycles. The lowest BCUT2D eigenvalue weighted by molar-refractivity contribution is -0.136. The van der Waals surface area contributed by atoms with E-state index < -0.39 is 22.9 Å². The minimum atomic E-state index is -4.65. The van der Waals surface area contributed by atoms with Crippen LogP contribution in [0.2, 0.25) is 0 Å². The number of nitrogens with zero attached hydrogens (tertiary/aromatic N) is 7. The molecule has 8 rings (SSSR count). The lowest BCUT2D eigenvalue weighted by atomic mass is 9.73. The summed E-state index contributed by atoms with van der Waals surface area (Å²) < 4.78 is 45.6. The molecule has 4 saturated carbocycles. The van der Waals surface area contributed by atoms with Crippen molar-refractivity contribution in [2.24, 2.45) is 18.9 Å². The molecule has 0 radical (unpaired) electrons. The molecule has 182 valence electrons. The second kappa shape index (κ2) is 6.39. The summed E-state index contributed by atoms with van der Waals surface area (Å²) in [6.45, 7) is 0. The summed E-state index contributed by atoms with van der Waals surface area (Å²) in [6.07, 6.45) is 2.69. The van der Waals surface area contributed by atoms with Crippen molar-refractivity contribution in [2.45, 2.75) is 49.4 Å². The molecule has 2 atom stereocenters. The normalized spacial score (nSPS) is 29.6. The van der Waals surface area contributed by atoms with Crippen LogP contribution in [-0.2, 0) is 18.8 Å². The maximum atomic E-state index is 13.8. The Kier molecular flexibility index (Phi) is 3.81. The third-order valence-electron chi connectivity index (χ3n) is 8.14. The van der Waals surface area contributed by atoms with Crippen LogP contribution in [0.4, 0.5) is 24.8 Å². The number of hydrogen-bond acceptors (Lipinski definition) is 7. The van der Waals surface area contributed by atoms with E-state index in [2.05, 4.69) is 25.4 Å². The van der Waals surface area contributed by atoms with Crippen LogP contribution in [0, 0.1) is 11.8 Å². The molecule has 4 aliphatic rings. The van der Waals surface area contributed by atoms with Gasteiger partial charge in [0, 0.05) is 7.05 Å². The van der Waals surface area contributed by atoms with E-state index in [0.29, 0.717) is 29.4 Å². The summed E-state index contributed by atoms with van der Waals surface area (Å²) in [5.74, 6) is 0.644. The van der Waals surface area contributed by atoms with Crippen molar-refractivity contribution in [1.82, 2.24) is 33.7 Å². The number of halogens is 3. The fraction of sp³-hybridized carbons (Fsp3) is 0.500. The minimum Gasteiger partial charge on any atom is -0.390 e. The SMILES string of the molecule is Cn1c(=O)n(C23CC4CC(O)(CC4C2)C3)c2nc(Nc3cn4ncnc4cc3C(F)(F)F)ncc21. The number of aryl methyl sites for hydroxylation is 1. The number of pyridine rings is 1. The molecule has 4 aromatic rings. The predicted octanol–water partition coefficient (Wildman–Crippen LogP) is 2.59. The van der Waals surface area contributed by atoms with Gasteiger partial charge < -0.3 is 10.4 Å². The van der Waals surface area contributed by atoms with Gasteiger partial charge >= 0.3 is 11.9 Å². The standard InChI is InChI=1S/C22H21F3N8O2/c1-31-15-7-26-18(29-14-8-32-16(27-10-28-32)2-13(14)22(23,24)25)30-17(15)33(19(31)34)20-3-11-5-21(35,9-20)6-12(11)4-20/h2,7-8,10-12,35H,3-6,9H2,1H3,(H,26,29,30). The fourth-order valence-corrected chi connectivity index (χ4v) is 7.01. The van der Waals surface area contributed by atoms with Gasteiger partial charge in [-0.15, -0.1) is 0 Å². The third-order valence-corrected chi connectivity index (χ3v) is 8.14. The maximum absolute atomic E-state index is 13.8. The predicted molar refractivity (Wildman–Crippen MR) is 117 cm³/mol. The third kappa shape index (κ3) is 2.84. The van der Waals surface area contributed by atoms with E-state index in [1.165, 1.54) is 27.8 Å². The van der Waals surface area contributed by atoms with Crippen molar-refractivity contribution in [3.8, 4) is 0 Å². The van der Waals surface area contributed by atoms with Crippen LogP contribution in [0.3, 0.4) is 0 Å². The van der Waals surface area contributed by atoms with Crippen molar-refractivity contribution in [1.29, 1.82) is 0 Å². The van der Waals surface area contributed by atoms with Gasteiger partial charge in [-0.3, -0.25) is 9.13 Å². The zero-order valence-corrected chi connectivity index (χ0v) is 18.6. The number of imidazole rings is 1. The molecule has 0 amide bonds. The molecular formula is C22H21F3N8O2. The largest absolute Gasteiger partial charge is 0.418 e. The van der Waals surface area contributed by atoms with Gasteiger partial charge in [0.05, 0.1) is 34.8 Å². The van der Waals surface area contributed by atoms with E-state index in [4.69, 9.17) is 0 Å². The second-order valence-corrected chi connectivity index (χ2v) is 10.3. The van der Waals surface area contributed by atoms with Crippen molar-refractivity contribution >= 4 is 28.4 Å². The fourth-order valence-electron chi connectivity index (χ4n) is 7.01. The highest BCUT2D eigenvalue weighted by atomic mass is 19.4. The smallest absolute Gasteiger partial charge is 0.390 e. The summed E-state index contributed by atoms with van der Waals surface area (Å²) in [6, 6.07) is 0.902. The molecule has 2 N–H and O–H groups in total. The number of rotatable bonds is 3. The maximum Gasteiger partial charge on any atom is 0.418 e. The Morgan fingerprint density at radius 3 is 2.60 bits per heavy atom. The molecule has 10 nitrogen and oxygen atoms in total. The summed E-state index contributed by atoms with van der Waals surface area (Å²) in [5.41, 5.74) is -1.94. The zero-order chi connectivity index (χ0) is 24.3. The summed E-state index contributed by atoms with van der Waals surface area (Å²) in [4.78, 5) is 25.9. The molecule has 0 aliphatic heterocycles. The van der Waals surface area contributed by atoms with Crippen molar-refractivity contribution < 1.29 is 18.3 Å². The number of aromatic nitrogens is 7. The summed E-state index contributed by atoms with van der Waals surface area (Å²) in [7, 11) is 1.62. The van der Waals surface area contributed by atoms with Crippen molar-refractivity contribution in [2.75, 3.05) is 5.32 Å². The van der Waals surface area contributed by atoms with Crippen LogP contribution in [0.25, 0.3) is 16.8 Å². The Balaban J connectivity index is 1.36. The molecule has 0 spiro atoms. The van der Waals surface area contributed by atoms with E-state index in [0.717, 1.165) is 31.7 Å². The first kappa shape index (κ1) is 20.9. The highest BCUT2D eigenvalue weighted by Crippen LogP contribution is 2.64. The average Bonchev–Trinajstić information content (AvgIpc) is 3.45. The molecule has 4 aromatic heterocycles. The lowest BCUT2D eigenvalue weighted by Crippen LogP contribution is -2.50. The van der Waals surface area contributed by atoms with Gasteiger partial charge in [0.25, 0.3) is 0 Å². The van der Waals surface area contributed by atoms with Crippen LogP contribution in [0.5, 0.6) is 0 Å². The van der Waals surface area contributed by atoms with E-state index >= 15 is 0 Å². The van der Waals surface area contributed by atoms with E-state index in [1.807, 2.05) is 0 Å². The average molecular weight is 486 g/mol. The van der Waals surface area contributed by atoms with E-state index in [1.54, 1.807) is 11.6 Å². The Bertz CT molecular complexity index is 1570. The first-order valence-electron chi connectivity index (χ1n) is 11.4. The van der Waals surface area contributed by atoms with Gasteiger partial charge in [-0.25, -0.2) is 19.3 Å². The Morgan fingerprint density at radius 2 is 1.91 bits per heavy atom. The van der Waals surface area contributed by atoms with Crippen molar-refractivity contribution in [3.63, 3.8) is 0 Å². The monoisotopic (exact) mass is 486 g/mol. The molecule has 4 fully saturated rings. The number of nitrogens with one attached hydrogen (secondary N) is 1. The number of aliphatic hydroxyl groups is 1. The molecule has 2 unspecified atom stereocenters. The van der Waals surface area contributed by atoms with Gasteiger partial charge in [-0.1, -0.05) is 0 Å². The minimum absolute atomic E-state index is 0.0554. The molecular weight excluding hydrogens is 465 g/mol. The second-order valence-electron chi connectivity index (χ2n) is 10.3. The highest BCUT2D eigenvalue weighted by Gasteiger charge is 2.63. The quantitative estimate of drug-likeness (QED) is 0.457. The van der Waals surface area contributed by atoms with Gasteiger partial charge in [-0.2, -0.15) is 23.3 Å². The van der Waals surface area contributed by atoms with Crippen LogP contribution in [-0.4, -0.2) is 44.4 Å². The summed E-state index contributed by atoms with van der Waals surface area (Å²) >= 11 is 0. The van der Waals surface area contributed by atoms with Gasteiger partial charge in [0.2, 0.25) is 5.95 Å². The Morgan fingerprint density at radius 1 is 1.17 bits per heavy atom. The van der Waals surface area contributed by atoms with Gasteiger partial charge in [0.15, 0.2) is 11.3 Å². The van der Waals surface area contributed by atoms with E-state index in [9.17, 15) is 23.1 Å². The summed E-state index contributed by atoms with van der Waals surface area (Å²) in [5, 5.41) is 17.6. The van der Waals surface area contributed by atoms with Crippen molar-refractivity contribution in [3.05, 3.63) is 40.8 Å². The zero-order valence-electron chi connectivity index (χ0n) is 18.6. The Hall–Kier alpha value is -3.48. The molecule has 0 aromatic carbocycles. The number of alkyl halides is 3. The molecule has 13 heteroatoms. The molecule has 4 heterocycles. The number of anilines is 2. The van der Waals surface area contributed by atoms with E-state index in [-0.39, 0.29) is 23.0 Å². The first-order chi connectivity index (χ1) is 16.6. The molecule has 35 heavy (non-hydrogen) atoms. The lowest BCUT2D eigenvalue weighted by Gasteiger charge is -2.43. The number of hydrogen-bond donors (Lipinski definition) is 2. The van der Waals surface area contributed by atoms with Crippen LogP contribution >= 0.6 is 0 Å². The van der Waals surface area contributed by atoms with Crippen LogP contribution < -0.4 is 11.0 Å². The molecule has 4 bridgehead atoms. The van der Waals surface area contributed by atoms with Gasteiger partial charge in [0.1, 0.15) is 11.8 Å². The van der Waals surface area contributed by atoms with Crippen LogP contribution in [0.1, 0.15) is 37.7 Å². The van der Waals surface area contributed by atoms with Crippen LogP contribution in [0.15, 0.2) is 29.6 Å². The topological polar surface area (TPSA) is 115 Å². The Labute approximate surface area is 195 Å². The number of fused-ring (bicyclic) bond motifs is 2. The first-order valence-corrected chi connectivity index (χ1v) is 11.4.